The monoisotopic (exact) mass is 474 g/mol. The zero-order valence-corrected chi connectivity index (χ0v) is 20.4. The fourth-order valence-electron chi connectivity index (χ4n) is 4.56. The average molecular weight is 475 g/mol. The van der Waals surface area contributed by atoms with Crippen molar-refractivity contribution in [2.24, 2.45) is 0 Å². The SMILES string of the molecule is CCn1cc([C@H](CC(=O)NCCc2ccc(OC)c(OC)c2)c2ccc(F)cc2)c2ccccc21. The van der Waals surface area contributed by atoms with Gasteiger partial charge in [0.15, 0.2) is 11.5 Å². The van der Waals surface area contributed by atoms with Crippen molar-refractivity contribution in [2.45, 2.75) is 32.2 Å². The number of methoxy groups -OCH3 is 2. The first kappa shape index (κ1) is 24.3. The predicted octanol–water partition coefficient (Wildman–Crippen LogP) is 5.70. The van der Waals surface area contributed by atoms with Gasteiger partial charge in [-0.15, -0.1) is 0 Å². The molecule has 0 saturated heterocycles. The number of benzene rings is 3. The molecular formula is C29H31FN2O3. The van der Waals surface area contributed by atoms with Crippen molar-refractivity contribution in [2.75, 3.05) is 20.8 Å². The van der Waals surface area contributed by atoms with Crippen LogP contribution in [0.15, 0.2) is 72.9 Å². The van der Waals surface area contributed by atoms with E-state index < -0.39 is 0 Å². The highest BCUT2D eigenvalue weighted by Gasteiger charge is 2.22. The minimum absolute atomic E-state index is 0.0480. The molecule has 3 aromatic carbocycles. The molecule has 6 heteroatoms. The Morgan fingerprint density at radius 1 is 1.00 bits per heavy atom. The van der Waals surface area contributed by atoms with Gasteiger partial charge in [-0.3, -0.25) is 4.79 Å². The molecule has 1 amide bonds. The predicted molar refractivity (Wildman–Crippen MR) is 137 cm³/mol. The van der Waals surface area contributed by atoms with E-state index in [2.05, 4.69) is 35.1 Å². The number of aromatic nitrogens is 1. The summed E-state index contributed by atoms with van der Waals surface area (Å²) >= 11 is 0. The first-order valence-electron chi connectivity index (χ1n) is 11.8. The van der Waals surface area contributed by atoms with E-state index in [-0.39, 0.29) is 24.1 Å². The summed E-state index contributed by atoms with van der Waals surface area (Å²) in [5.41, 5.74) is 4.17. The number of hydrogen-bond acceptors (Lipinski definition) is 3. The first-order valence-corrected chi connectivity index (χ1v) is 11.8. The number of para-hydroxylation sites is 1. The molecule has 4 rings (SSSR count). The molecule has 35 heavy (non-hydrogen) atoms. The minimum atomic E-state index is -0.289. The number of carbonyl (C=O) groups excluding carboxylic acids is 1. The van der Waals surface area contributed by atoms with E-state index in [1.165, 1.54) is 12.1 Å². The summed E-state index contributed by atoms with van der Waals surface area (Å²) in [5.74, 6) is 0.819. The van der Waals surface area contributed by atoms with Crippen LogP contribution in [0.1, 0.15) is 36.0 Å². The van der Waals surface area contributed by atoms with Gasteiger partial charge in [0.05, 0.1) is 14.2 Å². The number of nitrogens with one attached hydrogen (secondary N) is 1. The number of amides is 1. The number of aryl methyl sites for hydroxylation is 1. The Kier molecular flexibility index (Phi) is 7.70. The number of fused-ring (bicyclic) bond motifs is 1. The Bertz CT molecular complexity index is 1300. The van der Waals surface area contributed by atoms with Crippen LogP contribution in [0.5, 0.6) is 11.5 Å². The first-order chi connectivity index (χ1) is 17.0. The molecule has 1 atom stereocenters. The molecule has 0 unspecified atom stereocenters. The zero-order valence-electron chi connectivity index (χ0n) is 20.4. The van der Waals surface area contributed by atoms with Crippen molar-refractivity contribution in [3.63, 3.8) is 0 Å². The molecule has 0 spiro atoms. The summed E-state index contributed by atoms with van der Waals surface area (Å²) in [4.78, 5) is 13.1. The Balaban J connectivity index is 1.52. The Morgan fingerprint density at radius 3 is 2.46 bits per heavy atom. The number of rotatable bonds is 10. The van der Waals surface area contributed by atoms with Crippen LogP contribution in [0.25, 0.3) is 10.9 Å². The molecule has 1 heterocycles. The third-order valence-electron chi connectivity index (χ3n) is 6.38. The standard InChI is InChI=1S/C29H31FN2O3/c1-4-32-19-25(23-7-5-6-8-26(23)32)24(21-10-12-22(30)13-11-21)18-29(33)31-16-15-20-9-14-27(34-2)28(17-20)35-3/h5-14,17,19,24H,4,15-16,18H2,1-3H3,(H,31,33)/t24-/m1/s1. The maximum absolute atomic E-state index is 13.7. The molecule has 0 saturated carbocycles. The lowest BCUT2D eigenvalue weighted by Gasteiger charge is -2.17. The van der Waals surface area contributed by atoms with Crippen molar-refractivity contribution >= 4 is 16.8 Å². The maximum atomic E-state index is 13.7. The molecule has 0 aliphatic rings. The highest BCUT2D eigenvalue weighted by atomic mass is 19.1. The lowest BCUT2D eigenvalue weighted by atomic mass is 9.88. The topological polar surface area (TPSA) is 52.5 Å². The van der Waals surface area contributed by atoms with Gasteiger partial charge in [-0.05, 0) is 60.4 Å². The second kappa shape index (κ2) is 11.1. The van der Waals surface area contributed by atoms with Gasteiger partial charge in [-0.25, -0.2) is 4.39 Å². The van der Waals surface area contributed by atoms with Gasteiger partial charge >= 0.3 is 0 Å². The van der Waals surface area contributed by atoms with E-state index in [0.717, 1.165) is 34.1 Å². The molecule has 4 aromatic rings. The number of halogens is 1. The Hall–Kier alpha value is -3.80. The van der Waals surface area contributed by atoms with Crippen LogP contribution in [-0.4, -0.2) is 31.2 Å². The van der Waals surface area contributed by atoms with Crippen LogP contribution >= 0.6 is 0 Å². The normalized spacial score (nSPS) is 11.9. The Morgan fingerprint density at radius 2 is 1.74 bits per heavy atom. The summed E-state index contributed by atoms with van der Waals surface area (Å²) < 4.78 is 26.5. The van der Waals surface area contributed by atoms with Gasteiger partial charge < -0.3 is 19.4 Å². The minimum Gasteiger partial charge on any atom is -0.493 e. The molecule has 182 valence electrons. The van der Waals surface area contributed by atoms with Crippen LogP contribution in [0, 0.1) is 5.82 Å². The Labute approximate surface area is 205 Å². The molecule has 0 aliphatic heterocycles. The third-order valence-corrected chi connectivity index (χ3v) is 6.38. The quantitative estimate of drug-likeness (QED) is 0.321. The smallest absolute Gasteiger partial charge is 0.220 e. The van der Waals surface area contributed by atoms with Crippen molar-refractivity contribution < 1.29 is 18.7 Å². The van der Waals surface area contributed by atoms with Crippen LogP contribution in [-0.2, 0) is 17.8 Å². The van der Waals surface area contributed by atoms with Gasteiger partial charge in [0.1, 0.15) is 5.82 Å². The zero-order chi connectivity index (χ0) is 24.8. The van der Waals surface area contributed by atoms with Gasteiger partial charge in [-0.2, -0.15) is 0 Å². The number of ether oxygens (including phenoxy) is 2. The fraction of sp³-hybridized carbons (Fsp3) is 0.276. The van der Waals surface area contributed by atoms with Gasteiger partial charge in [0, 0.05) is 42.5 Å². The van der Waals surface area contributed by atoms with Crippen molar-refractivity contribution in [1.29, 1.82) is 0 Å². The maximum Gasteiger partial charge on any atom is 0.220 e. The van der Waals surface area contributed by atoms with Gasteiger partial charge in [-0.1, -0.05) is 36.4 Å². The summed E-state index contributed by atoms with van der Waals surface area (Å²) in [5, 5.41) is 4.17. The van der Waals surface area contributed by atoms with Crippen LogP contribution in [0.3, 0.4) is 0 Å². The van der Waals surface area contributed by atoms with Gasteiger partial charge in [0.2, 0.25) is 5.91 Å². The second-order valence-corrected chi connectivity index (χ2v) is 8.49. The summed E-state index contributed by atoms with van der Waals surface area (Å²) in [6.45, 7) is 3.43. The second-order valence-electron chi connectivity index (χ2n) is 8.49. The molecule has 0 fully saturated rings. The van der Waals surface area contributed by atoms with Gasteiger partial charge in [0.25, 0.3) is 0 Å². The third kappa shape index (κ3) is 5.48. The van der Waals surface area contributed by atoms with Crippen molar-refractivity contribution in [3.05, 3.63) is 95.4 Å². The lowest BCUT2D eigenvalue weighted by molar-refractivity contribution is -0.121. The van der Waals surface area contributed by atoms with Crippen molar-refractivity contribution in [1.82, 2.24) is 9.88 Å². The summed E-state index contributed by atoms with van der Waals surface area (Å²) in [7, 11) is 3.21. The molecular weight excluding hydrogens is 443 g/mol. The van der Waals surface area contributed by atoms with E-state index in [1.54, 1.807) is 26.4 Å². The van der Waals surface area contributed by atoms with E-state index in [1.807, 2.05) is 30.3 Å². The van der Waals surface area contributed by atoms with Crippen molar-refractivity contribution in [3.8, 4) is 11.5 Å². The highest BCUT2D eigenvalue weighted by molar-refractivity contribution is 5.86. The highest BCUT2D eigenvalue weighted by Crippen LogP contribution is 2.35. The summed E-state index contributed by atoms with van der Waals surface area (Å²) in [6, 6.07) is 20.4. The molecule has 0 bridgehead atoms. The number of nitrogens with zero attached hydrogens (tertiary/aromatic N) is 1. The molecule has 1 aromatic heterocycles. The fourth-order valence-corrected chi connectivity index (χ4v) is 4.56. The summed E-state index contributed by atoms with van der Waals surface area (Å²) in [6.07, 6.45) is 3.06. The molecule has 0 aliphatic carbocycles. The van der Waals surface area contributed by atoms with E-state index >= 15 is 0 Å². The van der Waals surface area contributed by atoms with Crippen LogP contribution < -0.4 is 14.8 Å². The average Bonchev–Trinajstić information content (AvgIpc) is 3.26. The van der Waals surface area contributed by atoms with Crippen LogP contribution in [0.4, 0.5) is 4.39 Å². The van der Waals surface area contributed by atoms with E-state index in [4.69, 9.17) is 9.47 Å². The van der Waals surface area contributed by atoms with E-state index in [9.17, 15) is 9.18 Å². The number of carbonyl (C=O) groups is 1. The van der Waals surface area contributed by atoms with Crippen LogP contribution in [0.2, 0.25) is 0 Å². The molecule has 5 nitrogen and oxygen atoms in total. The van der Waals surface area contributed by atoms with E-state index in [0.29, 0.717) is 24.5 Å². The number of hydrogen-bond donors (Lipinski definition) is 1. The lowest BCUT2D eigenvalue weighted by Crippen LogP contribution is -2.27. The largest absolute Gasteiger partial charge is 0.493 e. The molecule has 0 radical (unpaired) electrons. The molecule has 1 N–H and O–H groups in total.